The molecule has 282 valence electrons. The molecule has 3 aliphatic rings. The summed E-state index contributed by atoms with van der Waals surface area (Å²) in [6, 6.07) is 6.58. The Bertz CT molecular complexity index is 1540. The monoisotopic (exact) mass is 709 g/mol. The van der Waals surface area contributed by atoms with Crippen molar-refractivity contribution in [1.82, 2.24) is 14.7 Å². The highest BCUT2D eigenvalue weighted by atomic mass is 19.3. The molecule has 2 aliphatic carbocycles. The normalized spacial score (nSPS) is 18.1. The van der Waals surface area contributed by atoms with Crippen LogP contribution in [-0.2, 0) is 15.5 Å². The molecule has 1 unspecified atom stereocenters. The number of piperidine rings is 1. The van der Waals surface area contributed by atoms with Crippen LogP contribution >= 0.6 is 0 Å². The van der Waals surface area contributed by atoms with Crippen molar-refractivity contribution in [3.8, 4) is 5.75 Å². The molecule has 9 heteroatoms. The summed E-state index contributed by atoms with van der Waals surface area (Å²) in [5.41, 5.74) is 6.96. The van der Waals surface area contributed by atoms with E-state index in [2.05, 4.69) is 55.5 Å². The predicted molar refractivity (Wildman–Crippen MR) is 204 cm³/mol. The Morgan fingerprint density at radius 1 is 1.08 bits per heavy atom. The zero-order chi connectivity index (χ0) is 38.3. The molecule has 1 aromatic heterocycles. The molecule has 1 amide bonds. The molecule has 2 fully saturated rings. The van der Waals surface area contributed by atoms with Crippen LogP contribution in [0.1, 0.15) is 122 Å². The van der Waals surface area contributed by atoms with Gasteiger partial charge in [-0.15, -0.1) is 0 Å². The lowest BCUT2D eigenvalue weighted by Gasteiger charge is -2.32. The number of carbonyl (C=O) groups is 2. The van der Waals surface area contributed by atoms with Crippen molar-refractivity contribution in [2.75, 3.05) is 19.7 Å². The molecule has 1 aliphatic heterocycles. The number of rotatable bonds is 10. The van der Waals surface area contributed by atoms with E-state index >= 15 is 0 Å². The highest BCUT2D eigenvalue weighted by Gasteiger charge is 2.35. The van der Waals surface area contributed by atoms with E-state index in [1.165, 1.54) is 27.6 Å². The first-order valence-corrected chi connectivity index (χ1v) is 18.6. The summed E-state index contributed by atoms with van der Waals surface area (Å²) in [6.45, 7) is 23.0. The van der Waals surface area contributed by atoms with Crippen molar-refractivity contribution in [3.63, 3.8) is 0 Å². The van der Waals surface area contributed by atoms with Crippen LogP contribution in [0.25, 0.3) is 5.70 Å². The smallest absolute Gasteiger partial charge is 0.290 e. The summed E-state index contributed by atoms with van der Waals surface area (Å²) in [6.07, 6.45) is 14.4. The lowest BCUT2D eigenvalue weighted by Crippen LogP contribution is -2.38. The Morgan fingerprint density at radius 2 is 1.71 bits per heavy atom. The maximum atomic E-state index is 14.2. The maximum Gasteiger partial charge on any atom is 0.290 e. The van der Waals surface area contributed by atoms with E-state index in [0.717, 1.165) is 81.8 Å². The minimum atomic E-state index is -3.01. The minimum absolute atomic E-state index is 0.134. The van der Waals surface area contributed by atoms with Crippen molar-refractivity contribution in [2.24, 2.45) is 11.8 Å². The van der Waals surface area contributed by atoms with Gasteiger partial charge in [-0.2, -0.15) is 13.9 Å². The van der Waals surface area contributed by atoms with Crippen LogP contribution in [0.3, 0.4) is 0 Å². The van der Waals surface area contributed by atoms with Gasteiger partial charge in [-0.05, 0) is 123 Å². The Morgan fingerprint density at radius 3 is 2.27 bits per heavy atom. The van der Waals surface area contributed by atoms with Gasteiger partial charge >= 0.3 is 0 Å². The molecule has 1 aromatic carbocycles. The van der Waals surface area contributed by atoms with Crippen LogP contribution in [0, 0.1) is 25.7 Å². The van der Waals surface area contributed by atoms with Crippen molar-refractivity contribution in [3.05, 3.63) is 88.3 Å². The number of likely N-dealkylation sites (tertiary alicyclic amines) is 1. The maximum absolute atomic E-state index is 14.2. The van der Waals surface area contributed by atoms with Gasteiger partial charge in [-0.25, -0.2) is 4.68 Å². The predicted octanol–water partition coefficient (Wildman–Crippen LogP) is 10.6. The topological polar surface area (TPSA) is 84.7 Å². The number of amides is 1. The molecule has 0 spiro atoms. The second kappa shape index (κ2) is 20.7. The quantitative estimate of drug-likeness (QED) is 0.196. The number of carbonyl (C=O) groups excluding carboxylic acids is 1. The zero-order valence-corrected chi connectivity index (χ0v) is 32.4. The molecule has 2 heterocycles. The molecule has 0 radical (unpaired) electrons. The number of aromatic nitrogens is 2. The second-order valence-corrected chi connectivity index (χ2v) is 13.4. The average Bonchev–Trinajstić information content (AvgIpc) is 3.89. The number of hydrogen-bond donors (Lipinski definition) is 1. The SMILES string of the molecule is C=C(/C=C\C=C(/C)C1=C(COc2ccc(C3CCN(C(=O)C4CC4)CC3)cc2C)CCC(C)C1)n1ncc(C)c1C(C)(F)F.CC.CC.O=CO. The fourth-order valence-corrected chi connectivity index (χ4v) is 6.70. The Kier molecular flexibility index (Phi) is 17.6. The van der Waals surface area contributed by atoms with E-state index in [1.807, 2.05) is 39.8 Å². The number of ether oxygens (including phenoxy) is 1. The summed E-state index contributed by atoms with van der Waals surface area (Å²) >= 11 is 0. The number of hydrogen-bond acceptors (Lipinski definition) is 4. The first-order valence-electron chi connectivity index (χ1n) is 18.6. The summed E-state index contributed by atoms with van der Waals surface area (Å²) < 4.78 is 36.0. The van der Waals surface area contributed by atoms with Crippen LogP contribution in [0.2, 0.25) is 0 Å². The highest BCUT2D eigenvalue weighted by Crippen LogP contribution is 2.37. The van der Waals surface area contributed by atoms with Gasteiger partial charge in [0.2, 0.25) is 5.91 Å². The Labute approximate surface area is 305 Å². The number of aryl methyl sites for hydroxylation is 2. The molecule has 1 atom stereocenters. The molecule has 1 N–H and O–H groups in total. The van der Waals surface area contributed by atoms with Gasteiger partial charge in [0, 0.05) is 25.9 Å². The number of nitrogens with zero attached hydrogens (tertiary/aromatic N) is 3. The summed E-state index contributed by atoms with van der Waals surface area (Å²) in [7, 11) is 0. The van der Waals surface area contributed by atoms with Gasteiger partial charge in [0.1, 0.15) is 18.1 Å². The first-order chi connectivity index (χ1) is 24.3. The fourth-order valence-electron chi connectivity index (χ4n) is 6.70. The third-order valence-electron chi connectivity index (χ3n) is 9.47. The van der Waals surface area contributed by atoms with Crippen molar-refractivity contribution >= 4 is 18.1 Å². The molecule has 5 rings (SSSR count). The van der Waals surface area contributed by atoms with Gasteiger partial charge in [-0.1, -0.05) is 65.5 Å². The second-order valence-electron chi connectivity index (χ2n) is 13.4. The zero-order valence-electron chi connectivity index (χ0n) is 32.4. The van der Waals surface area contributed by atoms with Crippen LogP contribution < -0.4 is 4.74 Å². The van der Waals surface area contributed by atoms with E-state index in [0.29, 0.717) is 41.5 Å². The van der Waals surface area contributed by atoms with E-state index in [1.54, 1.807) is 13.0 Å². The molecule has 7 nitrogen and oxygen atoms in total. The van der Waals surface area contributed by atoms with Gasteiger partial charge < -0.3 is 14.7 Å². The Hall–Kier alpha value is -4.01. The average molecular weight is 710 g/mol. The molecular formula is C42H61F2N3O4. The molecule has 1 saturated carbocycles. The lowest BCUT2D eigenvalue weighted by molar-refractivity contribution is -0.133. The van der Waals surface area contributed by atoms with Gasteiger partial charge in [0.05, 0.1) is 11.9 Å². The van der Waals surface area contributed by atoms with Gasteiger partial charge in [-0.3, -0.25) is 9.59 Å². The van der Waals surface area contributed by atoms with E-state index in [-0.39, 0.29) is 12.2 Å². The summed E-state index contributed by atoms with van der Waals surface area (Å²) in [4.78, 5) is 22.9. The molecule has 0 bridgehead atoms. The number of halogens is 2. The van der Waals surface area contributed by atoms with Crippen molar-refractivity contribution in [1.29, 1.82) is 0 Å². The third-order valence-corrected chi connectivity index (χ3v) is 9.47. The molecule has 2 aromatic rings. The standard InChI is InChI=1S/C37H47F2N3O2.2C2H6.CH2O2/c1-24-10-11-32(33(20-24)25(2)8-7-9-28(5)42-35(37(6,38)39)27(4)22-40-42)23-44-34-15-14-31(21-26(34)3)29-16-18-41(19-17-29)36(43)30-12-13-30;2*1-2;2-1-3/h7-9,14-15,21-22,24,29-30H,5,10-13,16-20,23H2,1-4,6H3;2*1-2H3;1H,(H,2,3)/b9-7-,25-8+;;;. The van der Waals surface area contributed by atoms with Crippen LogP contribution in [0.4, 0.5) is 8.78 Å². The van der Waals surface area contributed by atoms with E-state index in [4.69, 9.17) is 14.6 Å². The summed E-state index contributed by atoms with van der Waals surface area (Å²) in [5, 5.41) is 11.0. The number of alkyl halides is 2. The van der Waals surface area contributed by atoms with Gasteiger partial charge in [0.25, 0.3) is 12.4 Å². The number of carboxylic acid groups (broad SMARTS) is 1. The van der Waals surface area contributed by atoms with Crippen LogP contribution in [0.5, 0.6) is 5.75 Å². The first kappa shape index (κ1) is 43.2. The lowest BCUT2D eigenvalue weighted by atomic mass is 9.82. The van der Waals surface area contributed by atoms with Crippen molar-refractivity contribution in [2.45, 2.75) is 119 Å². The highest BCUT2D eigenvalue weighted by molar-refractivity contribution is 5.81. The fraction of sp³-hybridized carbons (Fsp3) is 0.548. The molecular weight excluding hydrogens is 648 g/mol. The largest absolute Gasteiger partial charge is 0.489 e. The third kappa shape index (κ3) is 12.3. The number of benzene rings is 1. The van der Waals surface area contributed by atoms with Gasteiger partial charge in [0.15, 0.2) is 0 Å². The van der Waals surface area contributed by atoms with Crippen LogP contribution in [-0.4, -0.2) is 51.9 Å². The van der Waals surface area contributed by atoms with E-state index < -0.39 is 5.92 Å². The molecule has 1 saturated heterocycles. The van der Waals surface area contributed by atoms with Crippen LogP contribution in [0.15, 0.2) is 65.9 Å². The number of allylic oxidation sites excluding steroid dienone is 6. The molecule has 51 heavy (non-hydrogen) atoms. The van der Waals surface area contributed by atoms with E-state index in [9.17, 15) is 13.6 Å². The Balaban J connectivity index is 0.00000120. The summed E-state index contributed by atoms with van der Waals surface area (Å²) in [5.74, 6) is -0.356. The van der Waals surface area contributed by atoms with Crippen molar-refractivity contribution < 1.29 is 28.2 Å². The minimum Gasteiger partial charge on any atom is -0.489 e.